The van der Waals surface area contributed by atoms with Crippen LogP contribution in [0.2, 0.25) is 0 Å². The van der Waals surface area contributed by atoms with Crippen molar-refractivity contribution in [2.75, 3.05) is 53.0 Å². The Morgan fingerprint density at radius 1 is 1.06 bits per heavy atom. The number of hydrogen-bond donors (Lipinski definition) is 0. The van der Waals surface area contributed by atoms with Crippen LogP contribution in [0.5, 0.6) is 5.75 Å². The summed E-state index contributed by atoms with van der Waals surface area (Å²) in [5.74, 6) is 0.172. The molecule has 9 nitrogen and oxygen atoms in total. The van der Waals surface area contributed by atoms with E-state index in [1.165, 1.54) is 23.5 Å². The van der Waals surface area contributed by atoms with Gasteiger partial charge in [-0.05, 0) is 30.5 Å². The van der Waals surface area contributed by atoms with Gasteiger partial charge in [0.25, 0.3) is 5.91 Å². The van der Waals surface area contributed by atoms with E-state index >= 15 is 0 Å². The molecule has 0 N–H and O–H groups in total. The summed E-state index contributed by atoms with van der Waals surface area (Å²) in [7, 11) is -2.40. The third-order valence-electron chi connectivity index (χ3n) is 5.32. The number of nitrogens with zero attached hydrogens (tertiary/aromatic N) is 3. The van der Waals surface area contributed by atoms with Gasteiger partial charge < -0.3 is 19.3 Å². The molecule has 0 unspecified atom stereocenters. The van der Waals surface area contributed by atoms with E-state index in [1.807, 2.05) is 13.8 Å². The first kappa shape index (κ1) is 25.9. The van der Waals surface area contributed by atoms with Crippen LogP contribution >= 0.6 is 0 Å². The van der Waals surface area contributed by atoms with Gasteiger partial charge in [0.2, 0.25) is 10.0 Å². The van der Waals surface area contributed by atoms with E-state index in [2.05, 4.69) is 0 Å². The van der Waals surface area contributed by atoms with Crippen LogP contribution < -0.4 is 4.74 Å². The second-order valence-corrected chi connectivity index (χ2v) is 9.96. The van der Waals surface area contributed by atoms with Gasteiger partial charge in [-0.1, -0.05) is 27.7 Å². The Balaban J connectivity index is 2.20. The van der Waals surface area contributed by atoms with E-state index in [9.17, 15) is 18.0 Å². The maximum absolute atomic E-state index is 13.2. The van der Waals surface area contributed by atoms with Crippen molar-refractivity contribution in [3.05, 3.63) is 23.8 Å². The van der Waals surface area contributed by atoms with E-state index in [4.69, 9.17) is 9.47 Å². The maximum Gasteiger partial charge on any atom is 0.409 e. The number of ether oxygens (including phenoxy) is 2. The molecular weight excluding hydrogens is 434 g/mol. The summed E-state index contributed by atoms with van der Waals surface area (Å²) >= 11 is 0. The van der Waals surface area contributed by atoms with Crippen molar-refractivity contribution >= 4 is 22.0 Å². The van der Waals surface area contributed by atoms with Crippen LogP contribution in [0.3, 0.4) is 0 Å². The molecule has 180 valence electrons. The predicted octanol–water partition coefficient (Wildman–Crippen LogP) is 2.67. The Bertz CT molecular complexity index is 899. The number of amides is 2. The Morgan fingerprint density at radius 3 is 2.28 bits per heavy atom. The summed E-state index contributed by atoms with van der Waals surface area (Å²) in [4.78, 5) is 28.7. The van der Waals surface area contributed by atoms with Gasteiger partial charge in [0.1, 0.15) is 10.6 Å². The van der Waals surface area contributed by atoms with Crippen molar-refractivity contribution in [2.45, 2.75) is 39.0 Å². The third kappa shape index (κ3) is 6.13. The Labute approximate surface area is 191 Å². The summed E-state index contributed by atoms with van der Waals surface area (Å²) in [6, 6.07) is 4.47. The molecule has 10 heteroatoms. The quantitative estimate of drug-likeness (QED) is 0.581. The van der Waals surface area contributed by atoms with Gasteiger partial charge in [0.15, 0.2) is 0 Å². The predicted molar refractivity (Wildman–Crippen MR) is 121 cm³/mol. The molecular formula is C22H35N3O6S. The first-order valence-electron chi connectivity index (χ1n) is 11.0. The molecule has 1 aromatic rings. The average Bonchev–Trinajstić information content (AvgIpc) is 3.03. The van der Waals surface area contributed by atoms with Gasteiger partial charge in [-0.3, -0.25) is 4.79 Å². The van der Waals surface area contributed by atoms with E-state index in [0.29, 0.717) is 52.3 Å². The number of benzene rings is 1. The normalized spacial score (nSPS) is 15.1. The second kappa shape index (κ2) is 11.5. The highest BCUT2D eigenvalue weighted by Gasteiger charge is 2.29. The molecule has 0 saturated carbocycles. The third-order valence-corrected chi connectivity index (χ3v) is 7.39. The van der Waals surface area contributed by atoms with E-state index in [-0.39, 0.29) is 34.1 Å². The molecule has 0 atom stereocenters. The average molecular weight is 470 g/mol. The highest BCUT2D eigenvalue weighted by molar-refractivity contribution is 7.89. The zero-order chi connectivity index (χ0) is 23.9. The molecule has 1 saturated heterocycles. The molecule has 2 amide bonds. The summed E-state index contributed by atoms with van der Waals surface area (Å²) in [6.45, 7) is 10.1. The zero-order valence-electron chi connectivity index (χ0n) is 19.7. The van der Waals surface area contributed by atoms with E-state index < -0.39 is 10.0 Å². The van der Waals surface area contributed by atoms with Crippen LogP contribution in [0.4, 0.5) is 4.79 Å². The van der Waals surface area contributed by atoms with Crippen LogP contribution in [0, 0.1) is 5.92 Å². The standard InChI is InChI=1S/C22H35N3O6S/c1-6-25(7-2)32(28,29)20-15-18(9-10-19(20)30-5)21(26)23-11-8-12-24(14-13-23)22(27)31-16-17(3)4/h9-10,15,17H,6-8,11-14,16H2,1-5H3. The minimum atomic E-state index is -3.80. The Morgan fingerprint density at radius 2 is 1.69 bits per heavy atom. The minimum Gasteiger partial charge on any atom is -0.495 e. The number of hydrogen-bond acceptors (Lipinski definition) is 6. The molecule has 1 aromatic carbocycles. The molecule has 0 spiro atoms. The fourth-order valence-electron chi connectivity index (χ4n) is 3.53. The SMILES string of the molecule is CCN(CC)S(=O)(=O)c1cc(C(=O)N2CCCN(C(=O)OCC(C)C)CC2)ccc1OC. The first-order chi connectivity index (χ1) is 15.1. The van der Waals surface area contributed by atoms with Crippen molar-refractivity contribution in [3.63, 3.8) is 0 Å². The summed E-state index contributed by atoms with van der Waals surface area (Å²) in [5, 5.41) is 0. The fourth-order valence-corrected chi connectivity index (χ4v) is 5.17. The summed E-state index contributed by atoms with van der Waals surface area (Å²) < 4.78 is 38.0. The highest BCUT2D eigenvalue weighted by atomic mass is 32.2. The molecule has 0 aromatic heterocycles. The molecule has 1 aliphatic rings. The lowest BCUT2D eigenvalue weighted by Crippen LogP contribution is -2.38. The van der Waals surface area contributed by atoms with E-state index in [0.717, 1.165) is 0 Å². The zero-order valence-corrected chi connectivity index (χ0v) is 20.5. The maximum atomic E-state index is 13.2. The van der Waals surface area contributed by atoms with Crippen molar-refractivity contribution in [1.82, 2.24) is 14.1 Å². The summed E-state index contributed by atoms with van der Waals surface area (Å²) in [6.07, 6.45) is 0.244. The molecule has 0 aliphatic carbocycles. The van der Waals surface area contributed by atoms with Gasteiger partial charge in [-0.25, -0.2) is 13.2 Å². The van der Waals surface area contributed by atoms with Crippen LogP contribution in [0.1, 0.15) is 44.5 Å². The Kier molecular flexibility index (Phi) is 9.33. The van der Waals surface area contributed by atoms with Crippen molar-refractivity contribution in [1.29, 1.82) is 0 Å². The molecule has 2 rings (SSSR count). The largest absolute Gasteiger partial charge is 0.495 e. The molecule has 1 fully saturated rings. The molecule has 0 bridgehead atoms. The van der Waals surface area contributed by atoms with Gasteiger partial charge in [-0.2, -0.15) is 4.31 Å². The smallest absolute Gasteiger partial charge is 0.409 e. The van der Waals surface area contributed by atoms with Gasteiger partial charge in [-0.15, -0.1) is 0 Å². The van der Waals surface area contributed by atoms with Crippen LogP contribution in [0.25, 0.3) is 0 Å². The van der Waals surface area contributed by atoms with Crippen LogP contribution in [0.15, 0.2) is 23.1 Å². The number of carbonyl (C=O) groups is 2. The monoisotopic (exact) mass is 469 g/mol. The topological polar surface area (TPSA) is 96.5 Å². The lowest BCUT2D eigenvalue weighted by molar-refractivity contribution is 0.0746. The Hall–Kier alpha value is -2.33. The number of rotatable bonds is 8. The lowest BCUT2D eigenvalue weighted by atomic mass is 10.2. The van der Waals surface area contributed by atoms with Crippen LogP contribution in [-0.2, 0) is 14.8 Å². The number of carbonyl (C=O) groups excluding carboxylic acids is 2. The fraction of sp³-hybridized carbons (Fsp3) is 0.636. The van der Waals surface area contributed by atoms with Gasteiger partial charge >= 0.3 is 6.09 Å². The van der Waals surface area contributed by atoms with Crippen molar-refractivity contribution < 1.29 is 27.5 Å². The number of sulfonamides is 1. The number of methoxy groups -OCH3 is 1. The molecule has 32 heavy (non-hydrogen) atoms. The van der Waals surface area contributed by atoms with Crippen LogP contribution in [-0.4, -0.2) is 87.5 Å². The molecule has 1 heterocycles. The summed E-state index contributed by atoms with van der Waals surface area (Å²) in [5.41, 5.74) is 0.271. The second-order valence-electron chi connectivity index (χ2n) is 8.06. The van der Waals surface area contributed by atoms with E-state index in [1.54, 1.807) is 29.7 Å². The lowest BCUT2D eigenvalue weighted by Gasteiger charge is -2.23. The minimum absolute atomic E-state index is 0.0248. The van der Waals surface area contributed by atoms with Crippen molar-refractivity contribution in [2.24, 2.45) is 5.92 Å². The first-order valence-corrected chi connectivity index (χ1v) is 12.5. The van der Waals surface area contributed by atoms with Gasteiger partial charge in [0, 0.05) is 44.8 Å². The molecule has 1 aliphatic heterocycles. The molecule has 0 radical (unpaired) electrons. The van der Waals surface area contributed by atoms with Crippen molar-refractivity contribution in [3.8, 4) is 5.75 Å². The van der Waals surface area contributed by atoms with Gasteiger partial charge in [0.05, 0.1) is 13.7 Å². The highest BCUT2D eigenvalue weighted by Crippen LogP contribution is 2.28.